The van der Waals surface area contributed by atoms with Crippen LogP contribution in [0, 0.1) is 10.1 Å². The number of hydrogen-bond acceptors (Lipinski definition) is 9. The second-order valence-corrected chi connectivity index (χ2v) is 6.44. The van der Waals surface area contributed by atoms with E-state index in [0.29, 0.717) is 5.70 Å². The summed E-state index contributed by atoms with van der Waals surface area (Å²) in [5, 5.41) is 23.7. The van der Waals surface area contributed by atoms with E-state index in [4.69, 9.17) is 14.6 Å². The molecule has 166 valence electrons. The minimum Gasteiger partial charge on any atom is -0.463 e. The van der Waals surface area contributed by atoms with Crippen molar-refractivity contribution in [3.05, 3.63) is 62.5 Å². The first-order valence-electron chi connectivity index (χ1n) is 9.77. The summed E-state index contributed by atoms with van der Waals surface area (Å²) in [4.78, 5) is 41.0. The number of esters is 2. The number of nitrogens with one attached hydrogen (secondary N) is 1. The number of para-hydroxylation sites is 1. The summed E-state index contributed by atoms with van der Waals surface area (Å²) < 4.78 is 10.4. The number of nitrogens with zero attached hydrogens (tertiary/aromatic N) is 2. The van der Waals surface area contributed by atoms with Crippen molar-refractivity contribution in [2.24, 2.45) is 4.99 Å². The molecule has 0 radical (unpaired) electrons. The Hall–Kier alpha value is -3.53. The number of aliphatic imine (C=N–C) groups is 1. The molecule has 31 heavy (non-hydrogen) atoms. The fourth-order valence-electron chi connectivity index (χ4n) is 3.29. The fraction of sp³-hybridized carbons (Fsp3) is 0.381. The zero-order chi connectivity index (χ0) is 23.0. The molecule has 0 bridgehead atoms. The predicted octanol–water partition coefficient (Wildman–Crippen LogP) is 2.00. The summed E-state index contributed by atoms with van der Waals surface area (Å²) in [5.74, 6) is -2.57. The van der Waals surface area contributed by atoms with Gasteiger partial charge in [0.05, 0.1) is 54.0 Å². The monoisotopic (exact) mass is 431 g/mol. The van der Waals surface area contributed by atoms with Gasteiger partial charge in [0.15, 0.2) is 0 Å². The molecule has 1 aliphatic rings. The van der Waals surface area contributed by atoms with Crippen LogP contribution in [0.5, 0.6) is 0 Å². The van der Waals surface area contributed by atoms with Gasteiger partial charge in [-0.15, -0.1) is 0 Å². The van der Waals surface area contributed by atoms with Crippen molar-refractivity contribution >= 4 is 23.8 Å². The van der Waals surface area contributed by atoms with Crippen LogP contribution < -0.4 is 5.32 Å². The maximum Gasteiger partial charge on any atom is 0.337 e. The SMILES string of the molecule is CCOC(=O)C1=C(C)NC(/C=N/CCO)=C(C(=O)OCC)C1c1ccccc1[N+](=O)[O-]. The van der Waals surface area contributed by atoms with Gasteiger partial charge < -0.3 is 19.9 Å². The third kappa shape index (κ3) is 5.34. The van der Waals surface area contributed by atoms with Gasteiger partial charge in [0.2, 0.25) is 0 Å². The van der Waals surface area contributed by atoms with Crippen LogP contribution in [0.15, 0.2) is 51.8 Å². The Morgan fingerprint density at radius 1 is 1.19 bits per heavy atom. The number of rotatable bonds is 9. The molecule has 1 atom stereocenters. The predicted molar refractivity (Wildman–Crippen MR) is 112 cm³/mol. The van der Waals surface area contributed by atoms with Crippen molar-refractivity contribution in [2.75, 3.05) is 26.4 Å². The molecule has 2 N–H and O–H groups in total. The highest BCUT2D eigenvalue weighted by molar-refractivity contribution is 6.04. The molecule has 1 aromatic rings. The number of carbonyl (C=O) groups is 2. The second-order valence-electron chi connectivity index (χ2n) is 6.44. The lowest BCUT2D eigenvalue weighted by molar-refractivity contribution is -0.385. The van der Waals surface area contributed by atoms with Crippen LogP contribution >= 0.6 is 0 Å². The number of carbonyl (C=O) groups excluding carboxylic acids is 2. The summed E-state index contributed by atoms with van der Waals surface area (Å²) in [6.45, 7) is 4.91. The summed E-state index contributed by atoms with van der Waals surface area (Å²) in [7, 11) is 0. The van der Waals surface area contributed by atoms with Crippen molar-refractivity contribution < 1.29 is 29.1 Å². The van der Waals surface area contributed by atoms with E-state index in [1.165, 1.54) is 24.4 Å². The third-order valence-electron chi connectivity index (χ3n) is 4.48. The Labute approximate surface area is 179 Å². The van der Waals surface area contributed by atoms with Gasteiger partial charge in [-0.25, -0.2) is 9.59 Å². The first-order chi connectivity index (χ1) is 14.9. The Balaban J connectivity index is 2.83. The smallest absolute Gasteiger partial charge is 0.337 e. The summed E-state index contributed by atoms with van der Waals surface area (Å²) >= 11 is 0. The Morgan fingerprint density at radius 3 is 2.39 bits per heavy atom. The molecule has 0 aromatic heterocycles. The van der Waals surface area contributed by atoms with E-state index in [9.17, 15) is 19.7 Å². The van der Waals surface area contributed by atoms with Gasteiger partial charge in [0, 0.05) is 23.5 Å². The molecule has 1 aromatic carbocycles. The van der Waals surface area contributed by atoms with Gasteiger partial charge in [-0.05, 0) is 20.8 Å². The number of nitro groups is 1. The lowest BCUT2D eigenvalue weighted by Gasteiger charge is -2.30. The molecule has 1 aliphatic heterocycles. The van der Waals surface area contributed by atoms with E-state index in [-0.39, 0.29) is 54.5 Å². The number of benzene rings is 1. The molecule has 0 saturated heterocycles. The van der Waals surface area contributed by atoms with Gasteiger partial charge in [-0.2, -0.15) is 0 Å². The second kappa shape index (κ2) is 11.0. The fourth-order valence-corrected chi connectivity index (χ4v) is 3.29. The molecule has 0 fully saturated rings. The maximum atomic E-state index is 13.0. The summed E-state index contributed by atoms with van der Waals surface area (Å²) in [6.07, 6.45) is 1.34. The summed E-state index contributed by atoms with van der Waals surface area (Å²) in [5.41, 5.74) is 0.538. The van der Waals surface area contributed by atoms with Crippen LogP contribution in [0.3, 0.4) is 0 Å². The van der Waals surface area contributed by atoms with Crippen LogP contribution in [-0.4, -0.2) is 54.5 Å². The molecule has 10 heteroatoms. The van der Waals surface area contributed by atoms with Crippen LogP contribution in [0.2, 0.25) is 0 Å². The molecule has 0 amide bonds. The Bertz CT molecular complexity index is 950. The molecule has 1 unspecified atom stereocenters. The van der Waals surface area contributed by atoms with E-state index >= 15 is 0 Å². The molecule has 2 rings (SSSR count). The van der Waals surface area contributed by atoms with Crippen LogP contribution in [0.25, 0.3) is 0 Å². The maximum absolute atomic E-state index is 13.0. The molecule has 0 saturated carbocycles. The number of hydrogen-bond donors (Lipinski definition) is 2. The number of allylic oxidation sites excluding steroid dienone is 2. The molecular weight excluding hydrogens is 406 g/mol. The summed E-state index contributed by atoms with van der Waals surface area (Å²) in [6, 6.07) is 5.88. The lowest BCUT2D eigenvalue weighted by Crippen LogP contribution is -2.34. The first kappa shape index (κ1) is 23.7. The van der Waals surface area contributed by atoms with Gasteiger partial charge >= 0.3 is 11.9 Å². The van der Waals surface area contributed by atoms with Crippen molar-refractivity contribution in [1.29, 1.82) is 0 Å². The number of aliphatic hydroxyl groups is 1. The molecule has 10 nitrogen and oxygen atoms in total. The minimum atomic E-state index is -1.11. The quantitative estimate of drug-likeness (QED) is 0.262. The number of aliphatic hydroxyl groups excluding tert-OH is 1. The molecule has 0 aliphatic carbocycles. The van der Waals surface area contributed by atoms with Crippen molar-refractivity contribution in [3.8, 4) is 0 Å². The highest BCUT2D eigenvalue weighted by atomic mass is 16.6. The average Bonchev–Trinajstić information content (AvgIpc) is 2.73. The number of dihydropyridines is 1. The van der Waals surface area contributed by atoms with Gasteiger partial charge in [0.25, 0.3) is 5.69 Å². The minimum absolute atomic E-state index is 0.00788. The van der Waals surface area contributed by atoms with E-state index in [1.54, 1.807) is 26.8 Å². The number of ether oxygens (including phenoxy) is 2. The van der Waals surface area contributed by atoms with E-state index in [2.05, 4.69) is 10.3 Å². The standard InChI is InChI=1S/C21H25N3O7/c1-4-30-20(26)17-13(3)23-15(12-22-10-11-25)19(21(27)31-5-2)18(17)14-8-6-7-9-16(14)24(28)29/h6-9,12,18,23,25H,4-5,10-11H2,1-3H3/b22-12+. The van der Waals surface area contributed by atoms with Crippen molar-refractivity contribution in [3.63, 3.8) is 0 Å². The largest absolute Gasteiger partial charge is 0.463 e. The molecule has 0 spiro atoms. The topological polar surface area (TPSA) is 140 Å². The van der Waals surface area contributed by atoms with Gasteiger partial charge in [0.1, 0.15) is 0 Å². The Morgan fingerprint density at radius 2 is 1.81 bits per heavy atom. The van der Waals surface area contributed by atoms with E-state index < -0.39 is 22.8 Å². The Kier molecular flexibility index (Phi) is 8.44. The first-order valence-corrected chi connectivity index (χ1v) is 9.77. The van der Waals surface area contributed by atoms with E-state index in [0.717, 1.165) is 0 Å². The molecule has 1 heterocycles. The zero-order valence-electron chi connectivity index (χ0n) is 17.6. The van der Waals surface area contributed by atoms with Gasteiger partial charge in [-0.1, -0.05) is 18.2 Å². The lowest BCUT2D eigenvalue weighted by atomic mass is 9.79. The van der Waals surface area contributed by atoms with E-state index in [1.807, 2.05) is 0 Å². The zero-order valence-corrected chi connectivity index (χ0v) is 17.6. The molecular formula is C21H25N3O7. The average molecular weight is 431 g/mol. The van der Waals surface area contributed by atoms with Crippen LogP contribution in [-0.2, 0) is 19.1 Å². The highest BCUT2D eigenvalue weighted by Gasteiger charge is 2.41. The van der Waals surface area contributed by atoms with Gasteiger partial charge in [-0.3, -0.25) is 15.1 Å². The van der Waals surface area contributed by atoms with Crippen molar-refractivity contribution in [1.82, 2.24) is 5.32 Å². The third-order valence-corrected chi connectivity index (χ3v) is 4.48. The van der Waals surface area contributed by atoms with Crippen molar-refractivity contribution in [2.45, 2.75) is 26.7 Å². The van der Waals surface area contributed by atoms with Crippen LogP contribution in [0.1, 0.15) is 32.3 Å². The highest BCUT2D eigenvalue weighted by Crippen LogP contribution is 2.42. The normalized spacial score (nSPS) is 16.3. The number of nitro benzene ring substituents is 1. The van der Waals surface area contributed by atoms with Crippen LogP contribution in [0.4, 0.5) is 5.69 Å².